The first kappa shape index (κ1) is 31.2. The van der Waals surface area contributed by atoms with Gasteiger partial charge < -0.3 is 25.7 Å². The van der Waals surface area contributed by atoms with E-state index in [-0.39, 0.29) is 36.3 Å². The van der Waals surface area contributed by atoms with Crippen LogP contribution in [-0.4, -0.2) is 68.5 Å². The normalized spacial score (nSPS) is 19.2. The number of phenols is 1. The van der Waals surface area contributed by atoms with E-state index in [1.54, 1.807) is 20.8 Å². The maximum Gasteiger partial charge on any atom is 0.416 e. The number of likely N-dealkylation sites (tertiary alicyclic amines) is 1. The molecule has 0 unspecified atom stereocenters. The van der Waals surface area contributed by atoms with Crippen LogP contribution in [0.4, 0.5) is 13.2 Å². The van der Waals surface area contributed by atoms with E-state index in [1.165, 1.54) is 37.3 Å². The van der Waals surface area contributed by atoms with Crippen LogP contribution in [0.15, 0.2) is 42.5 Å². The van der Waals surface area contributed by atoms with Crippen LogP contribution in [0, 0.1) is 6.92 Å². The summed E-state index contributed by atoms with van der Waals surface area (Å²) >= 11 is 6.28. The van der Waals surface area contributed by atoms with Crippen LogP contribution >= 0.6 is 11.6 Å². The van der Waals surface area contributed by atoms with Gasteiger partial charge in [-0.2, -0.15) is 13.2 Å². The number of nitrogens with one attached hydrogen (secondary N) is 2. The summed E-state index contributed by atoms with van der Waals surface area (Å²) in [6.07, 6.45) is -6.47. The Morgan fingerprint density at radius 2 is 1.73 bits per heavy atom. The molecule has 12 heteroatoms. The third-order valence-corrected chi connectivity index (χ3v) is 6.89. The first-order valence-corrected chi connectivity index (χ1v) is 13.1. The summed E-state index contributed by atoms with van der Waals surface area (Å²) in [5.74, 6) is -2.16. The van der Waals surface area contributed by atoms with Gasteiger partial charge in [0, 0.05) is 23.2 Å². The first-order chi connectivity index (χ1) is 18.5. The van der Waals surface area contributed by atoms with Gasteiger partial charge in [-0.15, -0.1) is 11.6 Å². The summed E-state index contributed by atoms with van der Waals surface area (Å²) < 4.78 is 39.1. The topological polar surface area (TPSA) is 119 Å². The molecule has 2 aromatic rings. The predicted octanol–water partition coefficient (Wildman–Crippen LogP) is 3.54. The van der Waals surface area contributed by atoms with Gasteiger partial charge in [0.05, 0.1) is 17.0 Å². The Bertz CT molecular complexity index is 1250. The number of phenolic OH excluding ortho intramolecular Hbond substituents is 1. The number of alkyl halides is 4. The second kappa shape index (κ2) is 12.1. The molecule has 0 aromatic heterocycles. The van der Waals surface area contributed by atoms with Crippen molar-refractivity contribution in [2.75, 3.05) is 6.54 Å². The molecule has 0 bridgehead atoms. The van der Waals surface area contributed by atoms with Crippen molar-refractivity contribution in [3.63, 3.8) is 0 Å². The molecular formula is C28H33ClF3N3O5. The van der Waals surface area contributed by atoms with Gasteiger partial charge in [0.2, 0.25) is 5.91 Å². The van der Waals surface area contributed by atoms with E-state index in [0.717, 1.165) is 17.0 Å². The van der Waals surface area contributed by atoms with Crippen LogP contribution in [-0.2, 0) is 22.2 Å². The molecule has 218 valence electrons. The molecule has 3 rings (SSSR count). The Kier molecular flexibility index (Phi) is 9.41. The molecule has 1 heterocycles. The average molecular weight is 584 g/mol. The zero-order chi connectivity index (χ0) is 30.0. The van der Waals surface area contributed by atoms with Gasteiger partial charge in [-0.3, -0.25) is 14.4 Å². The minimum atomic E-state index is -4.55. The maximum absolute atomic E-state index is 13.5. The molecule has 3 amide bonds. The van der Waals surface area contributed by atoms with Crippen LogP contribution in [0.2, 0.25) is 0 Å². The minimum Gasteiger partial charge on any atom is -0.508 e. The third kappa shape index (κ3) is 7.66. The van der Waals surface area contributed by atoms with E-state index in [1.807, 2.05) is 0 Å². The van der Waals surface area contributed by atoms with Crippen molar-refractivity contribution in [3.8, 4) is 5.75 Å². The summed E-state index contributed by atoms with van der Waals surface area (Å²) in [5.41, 5.74) is -0.801. The Hall–Kier alpha value is -3.31. The lowest BCUT2D eigenvalue weighted by molar-refractivity contribution is -0.146. The van der Waals surface area contributed by atoms with Gasteiger partial charge in [-0.05, 0) is 70.4 Å². The SMILES string of the molecule is Cc1c(O)cccc1C(=O)N[C@@H](Cc1ccc(C(F)(F)F)cc1)[C@H](O)C(=O)N1C[C@@H](Cl)C[C@H]1C(=O)NC(C)(C)C. The summed E-state index contributed by atoms with van der Waals surface area (Å²) in [7, 11) is 0. The Morgan fingerprint density at radius 3 is 2.30 bits per heavy atom. The quantitative estimate of drug-likeness (QED) is 0.372. The predicted molar refractivity (Wildman–Crippen MR) is 143 cm³/mol. The molecule has 8 nitrogen and oxygen atoms in total. The highest BCUT2D eigenvalue weighted by Crippen LogP contribution is 2.30. The highest BCUT2D eigenvalue weighted by molar-refractivity contribution is 6.21. The fourth-order valence-electron chi connectivity index (χ4n) is 4.51. The largest absolute Gasteiger partial charge is 0.508 e. The van der Waals surface area contributed by atoms with E-state index >= 15 is 0 Å². The van der Waals surface area contributed by atoms with Gasteiger partial charge in [-0.1, -0.05) is 18.2 Å². The third-order valence-electron chi connectivity index (χ3n) is 6.57. The standard InChI is InChI=1S/C28H33ClF3N3O5/c1-15-19(6-5-7-22(15)36)24(38)33-20(12-16-8-10-17(11-9-16)28(30,31)32)23(37)26(40)35-14-18(29)13-21(35)25(39)34-27(2,3)4/h5-11,18,20-21,23,36-37H,12-14H2,1-4H3,(H,33,38)(H,34,39)/t18-,20-,21-,23-/m0/s1. The summed E-state index contributed by atoms with van der Waals surface area (Å²) in [6, 6.07) is 6.17. The molecule has 4 atom stereocenters. The van der Waals surface area contributed by atoms with Gasteiger partial charge in [0.25, 0.3) is 11.8 Å². The number of aromatic hydroxyl groups is 1. The number of hydrogen-bond acceptors (Lipinski definition) is 5. The number of amides is 3. The minimum absolute atomic E-state index is 0.0215. The van der Waals surface area contributed by atoms with Crippen molar-refractivity contribution < 1.29 is 37.8 Å². The van der Waals surface area contributed by atoms with Gasteiger partial charge in [-0.25, -0.2) is 0 Å². The summed E-state index contributed by atoms with van der Waals surface area (Å²) in [5, 5.41) is 26.1. The van der Waals surface area contributed by atoms with Gasteiger partial charge >= 0.3 is 6.18 Å². The molecule has 1 saturated heterocycles. The number of carbonyl (C=O) groups excluding carboxylic acids is 3. The molecule has 0 saturated carbocycles. The second-order valence-corrected chi connectivity index (χ2v) is 11.6. The van der Waals surface area contributed by atoms with Crippen molar-refractivity contribution in [2.45, 2.75) is 75.8 Å². The van der Waals surface area contributed by atoms with Crippen LogP contribution < -0.4 is 10.6 Å². The zero-order valence-corrected chi connectivity index (χ0v) is 23.3. The van der Waals surface area contributed by atoms with Crippen LogP contribution in [0.5, 0.6) is 5.75 Å². The van der Waals surface area contributed by atoms with Crippen molar-refractivity contribution in [2.24, 2.45) is 0 Å². The zero-order valence-electron chi connectivity index (χ0n) is 22.6. The maximum atomic E-state index is 13.5. The van der Waals surface area contributed by atoms with E-state index in [0.29, 0.717) is 5.56 Å². The summed E-state index contributed by atoms with van der Waals surface area (Å²) in [6.45, 7) is 6.82. The Morgan fingerprint density at radius 1 is 1.10 bits per heavy atom. The number of rotatable bonds is 7. The van der Waals surface area contributed by atoms with E-state index in [9.17, 15) is 37.8 Å². The number of halogens is 4. The molecule has 40 heavy (non-hydrogen) atoms. The smallest absolute Gasteiger partial charge is 0.416 e. The lowest BCUT2D eigenvalue weighted by Gasteiger charge is -2.32. The summed E-state index contributed by atoms with van der Waals surface area (Å²) in [4.78, 5) is 40.7. The molecule has 1 aliphatic rings. The number of nitrogens with zero attached hydrogens (tertiary/aromatic N) is 1. The molecule has 1 fully saturated rings. The van der Waals surface area contributed by atoms with E-state index in [4.69, 9.17) is 11.6 Å². The molecule has 0 radical (unpaired) electrons. The highest BCUT2D eigenvalue weighted by Gasteiger charge is 2.43. The Balaban J connectivity index is 1.90. The van der Waals surface area contributed by atoms with Crippen LogP contribution in [0.3, 0.4) is 0 Å². The molecule has 0 spiro atoms. The van der Waals surface area contributed by atoms with E-state index < -0.39 is 58.6 Å². The lowest BCUT2D eigenvalue weighted by atomic mass is 9.97. The Labute approximate surface area is 235 Å². The monoisotopic (exact) mass is 583 g/mol. The van der Waals surface area contributed by atoms with Crippen molar-refractivity contribution >= 4 is 29.3 Å². The van der Waals surface area contributed by atoms with Crippen LogP contribution in [0.25, 0.3) is 0 Å². The number of benzene rings is 2. The van der Waals surface area contributed by atoms with E-state index in [2.05, 4.69) is 10.6 Å². The van der Waals surface area contributed by atoms with Gasteiger partial charge in [0.1, 0.15) is 11.8 Å². The molecule has 4 N–H and O–H groups in total. The average Bonchev–Trinajstić information content (AvgIpc) is 3.25. The first-order valence-electron chi connectivity index (χ1n) is 12.7. The highest BCUT2D eigenvalue weighted by atomic mass is 35.5. The van der Waals surface area contributed by atoms with Crippen molar-refractivity contribution in [1.29, 1.82) is 0 Å². The number of carbonyl (C=O) groups is 3. The number of aliphatic hydroxyl groups excluding tert-OH is 1. The van der Waals surface area contributed by atoms with Crippen molar-refractivity contribution in [1.82, 2.24) is 15.5 Å². The van der Waals surface area contributed by atoms with Gasteiger partial charge in [0.15, 0.2) is 6.10 Å². The lowest BCUT2D eigenvalue weighted by Crippen LogP contribution is -2.57. The molecule has 0 aliphatic carbocycles. The fourth-order valence-corrected chi connectivity index (χ4v) is 4.83. The molecule has 2 aromatic carbocycles. The second-order valence-electron chi connectivity index (χ2n) is 11.0. The van der Waals surface area contributed by atoms with Crippen molar-refractivity contribution in [3.05, 3.63) is 64.7 Å². The number of hydrogen-bond donors (Lipinski definition) is 4. The van der Waals surface area contributed by atoms with Crippen LogP contribution in [0.1, 0.15) is 54.2 Å². The fraction of sp³-hybridized carbons (Fsp3) is 0.464. The number of aliphatic hydroxyl groups is 1. The molecule has 1 aliphatic heterocycles. The molecular weight excluding hydrogens is 551 g/mol.